The average molecular weight is 350 g/mol. The van der Waals surface area contributed by atoms with Crippen LogP contribution in [0.2, 0.25) is 5.15 Å². The fourth-order valence-electron chi connectivity index (χ4n) is 2.20. The van der Waals surface area contributed by atoms with E-state index >= 15 is 0 Å². The number of anilines is 1. The lowest BCUT2D eigenvalue weighted by atomic mass is 10.1. The number of hydrogen-bond acceptors (Lipinski definition) is 7. The van der Waals surface area contributed by atoms with Crippen LogP contribution in [-0.4, -0.2) is 35.3 Å². The van der Waals surface area contributed by atoms with E-state index in [4.69, 9.17) is 21.1 Å². The molecule has 0 radical (unpaired) electrons. The molecule has 0 amide bonds. The predicted molar refractivity (Wildman–Crippen MR) is 85.5 cm³/mol. The van der Waals surface area contributed by atoms with Crippen molar-refractivity contribution in [2.24, 2.45) is 0 Å². The van der Waals surface area contributed by atoms with E-state index in [1.807, 2.05) is 11.0 Å². The Kier molecular flexibility index (Phi) is 4.48. The number of halogens is 1. The Morgan fingerprint density at radius 3 is 2.62 bits per heavy atom. The molecule has 1 saturated heterocycles. The van der Waals surface area contributed by atoms with E-state index in [2.05, 4.69) is 4.98 Å². The summed E-state index contributed by atoms with van der Waals surface area (Å²) < 4.78 is 10.1. The van der Waals surface area contributed by atoms with Gasteiger partial charge in [-0.1, -0.05) is 11.6 Å². The zero-order valence-corrected chi connectivity index (χ0v) is 13.0. The number of nitro benzene ring substituents is 1. The summed E-state index contributed by atoms with van der Waals surface area (Å²) in [6.07, 6.45) is 0.470. The Bertz CT molecular complexity index is 762. The molecule has 1 fully saturated rings. The smallest absolute Gasteiger partial charge is 0.427 e. The van der Waals surface area contributed by atoms with Crippen molar-refractivity contribution >= 4 is 29.1 Å². The number of hydrogen-bond donors (Lipinski definition) is 0. The van der Waals surface area contributed by atoms with Crippen molar-refractivity contribution < 1.29 is 19.2 Å². The van der Waals surface area contributed by atoms with Gasteiger partial charge in [0.25, 0.3) is 5.69 Å². The lowest BCUT2D eigenvalue weighted by Gasteiger charge is -2.39. The van der Waals surface area contributed by atoms with Crippen molar-refractivity contribution in [3.05, 3.63) is 57.9 Å². The second-order valence-corrected chi connectivity index (χ2v) is 5.47. The highest BCUT2D eigenvalue weighted by Gasteiger charge is 2.31. The Hall–Kier alpha value is -2.87. The summed E-state index contributed by atoms with van der Waals surface area (Å²) in [5, 5.41) is 10.9. The highest BCUT2D eigenvalue weighted by molar-refractivity contribution is 6.29. The van der Waals surface area contributed by atoms with Crippen LogP contribution in [0.25, 0.3) is 0 Å². The Balaban J connectivity index is 1.47. The minimum atomic E-state index is -0.846. The lowest BCUT2D eigenvalue weighted by Crippen LogP contribution is -2.53. The van der Waals surface area contributed by atoms with Gasteiger partial charge in [0.2, 0.25) is 0 Å². The number of benzene rings is 1. The number of rotatable bonds is 4. The van der Waals surface area contributed by atoms with Crippen LogP contribution in [0, 0.1) is 10.1 Å². The van der Waals surface area contributed by atoms with Gasteiger partial charge in [0.15, 0.2) is 0 Å². The molecule has 1 aliphatic heterocycles. The van der Waals surface area contributed by atoms with E-state index in [1.165, 1.54) is 24.3 Å². The fourth-order valence-corrected chi connectivity index (χ4v) is 2.37. The third-order valence-corrected chi connectivity index (χ3v) is 3.64. The molecule has 1 aliphatic rings. The SMILES string of the molecule is O=C(Oc1ccc([N+](=O)[O-])cc1)OC1CN(c2ccnc(Cl)c2)C1. The highest BCUT2D eigenvalue weighted by Crippen LogP contribution is 2.24. The number of carbonyl (C=O) groups is 1. The summed E-state index contributed by atoms with van der Waals surface area (Å²) >= 11 is 5.83. The molecule has 0 saturated carbocycles. The number of carbonyl (C=O) groups excluding carboxylic acids is 1. The van der Waals surface area contributed by atoms with E-state index in [1.54, 1.807) is 12.3 Å². The van der Waals surface area contributed by atoms with Crippen molar-refractivity contribution in [1.29, 1.82) is 0 Å². The van der Waals surface area contributed by atoms with Crippen LogP contribution >= 0.6 is 11.6 Å². The molecule has 0 atom stereocenters. The molecule has 2 aromatic rings. The molecule has 24 heavy (non-hydrogen) atoms. The first-order chi connectivity index (χ1) is 11.5. The molecule has 2 heterocycles. The number of nitrogens with zero attached hydrogens (tertiary/aromatic N) is 3. The van der Waals surface area contributed by atoms with Gasteiger partial charge >= 0.3 is 6.16 Å². The highest BCUT2D eigenvalue weighted by atomic mass is 35.5. The molecule has 3 rings (SSSR count). The van der Waals surface area contributed by atoms with Crippen molar-refractivity contribution in [1.82, 2.24) is 4.98 Å². The van der Waals surface area contributed by atoms with E-state index in [0.717, 1.165) is 5.69 Å². The van der Waals surface area contributed by atoms with Crippen molar-refractivity contribution in [3.8, 4) is 5.75 Å². The fraction of sp³-hybridized carbons (Fsp3) is 0.200. The van der Waals surface area contributed by atoms with E-state index in [0.29, 0.717) is 18.2 Å². The molecule has 8 nitrogen and oxygen atoms in total. The molecule has 0 bridgehead atoms. The van der Waals surface area contributed by atoms with Gasteiger partial charge in [0.05, 0.1) is 18.0 Å². The third-order valence-electron chi connectivity index (χ3n) is 3.43. The van der Waals surface area contributed by atoms with Crippen molar-refractivity contribution in [2.75, 3.05) is 18.0 Å². The van der Waals surface area contributed by atoms with Crippen molar-refractivity contribution in [3.63, 3.8) is 0 Å². The first-order valence-corrected chi connectivity index (χ1v) is 7.38. The Morgan fingerprint density at radius 1 is 1.29 bits per heavy atom. The summed E-state index contributed by atoms with van der Waals surface area (Å²) in [7, 11) is 0. The number of nitro groups is 1. The molecule has 9 heteroatoms. The van der Waals surface area contributed by atoms with Gasteiger partial charge in [-0.15, -0.1) is 0 Å². The molecule has 0 spiro atoms. The van der Waals surface area contributed by atoms with E-state index in [9.17, 15) is 14.9 Å². The molecule has 124 valence electrons. The van der Waals surface area contributed by atoms with Crippen LogP contribution in [0.5, 0.6) is 5.75 Å². The van der Waals surface area contributed by atoms with E-state index in [-0.39, 0.29) is 17.5 Å². The Labute approximate surface area is 141 Å². The number of ether oxygens (including phenoxy) is 2. The zero-order valence-electron chi connectivity index (χ0n) is 12.3. The summed E-state index contributed by atoms with van der Waals surface area (Å²) in [5.74, 6) is 0.183. The first kappa shape index (κ1) is 16.0. The van der Waals surface area contributed by atoms with Gasteiger partial charge < -0.3 is 14.4 Å². The maximum absolute atomic E-state index is 11.7. The van der Waals surface area contributed by atoms with Gasteiger partial charge in [-0.05, 0) is 24.3 Å². The second kappa shape index (κ2) is 6.71. The monoisotopic (exact) mass is 349 g/mol. The van der Waals surface area contributed by atoms with Crippen LogP contribution in [-0.2, 0) is 4.74 Å². The zero-order chi connectivity index (χ0) is 17.1. The first-order valence-electron chi connectivity index (χ1n) is 7.01. The van der Waals surface area contributed by atoms with E-state index < -0.39 is 11.1 Å². The summed E-state index contributed by atoms with van der Waals surface area (Å²) in [6.45, 7) is 1.05. The van der Waals surface area contributed by atoms with Gasteiger partial charge in [0, 0.05) is 24.0 Å². The Morgan fingerprint density at radius 2 is 2.00 bits per heavy atom. The summed E-state index contributed by atoms with van der Waals surface area (Å²) in [5.41, 5.74) is 0.819. The number of pyridine rings is 1. The number of non-ortho nitro benzene ring substituents is 1. The van der Waals surface area contributed by atoms with Crippen LogP contribution in [0.4, 0.5) is 16.2 Å². The van der Waals surface area contributed by atoms with Gasteiger partial charge in [-0.2, -0.15) is 0 Å². The van der Waals surface area contributed by atoms with Crippen LogP contribution in [0.3, 0.4) is 0 Å². The van der Waals surface area contributed by atoms with Gasteiger partial charge in [-0.3, -0.25) is 10.1 Å². The standard InChI is InChI=1S/C15H12ClN3O5/c16-14-7-11(5-6-17-14)18-8-13(9-18)24-15(20)23-12-3-1-10(2-4-12)19(21)22/h1-7,13H,8-9H2. The van der Waals surface area contributed by atoms with Crippen LogP contribution in [0.1, 0.15) is 0 Å². The molecule has 1 aromatic carbocycles. The average Bonchev–Trinajstić information content (AvgIpc) is 2.51. The third kappa shape index (κ3) is 3.72. The number of aromatic nitrogens is 1. The summed E-state index contributed by atoms with van der Waals surface area (Å²) in [4.78, 5) is 27.6. The minimum Gasteiger partial charge on any atom is -0.427 e. The maximum Gasteiger partial charge on any atom is 0.514 e. The molecular formula is C15H12ClN3O5. The quantitative estimate of drug-likeness (QED) is 0.275. The van der Waals surface area contributed by atoms with Gasteiger partial charge in [-0.25, -0.2) is 9.78 Å². The molecule has 0 N–H and O–H groups in total. The topological polar surface area (TPSA) is 94.8 Å². The summed E-state index contributed by atoms with van der Waals surface area (Å²) in [6, 6.07) is 8.73. The molecule has 0 unspecified atom stereocenters. The molecule has 1 aromatic heterocycles. The second-order valence-electron chi connectivity index (χ2n) is 5.08. The maximum atomic E-state index is 11.7. The van der Waals surface area contributed by atoms with Crippen LogP contribution in [0.15, 0.2) is 42.6 Å². The molecular weight excluding hydrogens is 338 g/mol. The van der Waals surface area contributed by atoms with Crippen LogP contribution < -0.4 is 9.64 Å². The largest absolute Gasteiger partial charge is 0.514 e. The predicted octanol–water partition coefficient (Wildman–Crippen LogP) is 3.05. The van der Waals surface area contributed by atoms with Crippen molar-refractivity contribution in [2.45, 2.75) is 6.10 Å². The normalized spacial score (nSPS) is 14.0. The molecule has 0 aliphatic carbocycles. The minimum absolute atomic E-state index is 0.0821. The van der Waals surface area contributed by atoms with Gasteiger partial charge in [0.1, 0.15) is 17.0 Å². The lowest BCUT2D eigenvalue weighted by molar-refractivity contribution is -0.384.